The smallest absolute Gasteiger partial charge is 0.255 e. The van der Waals surface area contributed by atoms with Gasteiger partial charge >= 0.3 is 0 Å². The molecule has 0 bridgehead atoms. The minimum absolute atomic E-state index is 0.0357. The van der Waals surface area contributed by atoms with E-state index in [2.05, 4.69) is 34.3 Å². The molecule has 20 heavy (non-hydrogen) atoms. The van der Waals surface area contributed by atoms with Gasteiger partial charge in [0, 0.05) is 18.3 Å². The molecule has 0 amide bonds. The summed E-state index contributed by atoms with van der Waals surface area (Å²) < 4.78 is 0. The third-order valence-corrected chi connectivity index (χ3v) is 3.56. The molecule has 1 aromatic carbocycles. The summed E-state index contributed by atoms with van der Waals surface area (Å²) >= 11 is 0. The molecule has 0 aliphatic rings. The second-order valence-electron chi connectivity index (χ2n) is 5.18. The molecule has 2 N–H and O–H groups in total. The molecule has 1 heterocycles. The summed E-state index contributed by atoms with van der Waals surface area (Å²) in [6.07, 6.45) is 0. The third-order valence-electron chi connectivity index (χ3n) is 3.56. The van der Waals surface area contributed by atoms with Gasteiger partial charge in [0.05, 0.1) is 5.56 Å². The van der Waals surface area contributed by atoms with Crippen molar-refractivity contribution in [1.29, 1.82) is 0 Å². The summed E-state index contributed by atoms with van der Waals surface area (Å²) in [4.78, 5) is 19.1. The Morgan fingerprint density at radius 3 is 2.60 bits per heavy atom. The molecule has 106 valence electrons. The first-order valence-corrected chi connectivity index (χ1v) is 6.84. The molecule has 0 aliphatic carbocycles. The van der Waals surface area contributed by atoms with Crippen molar-refractivity contribution >= 4 is 0 Å². The molecule has 0 saturated heterocycles. The Labute approximate surface area is 119 Å². The van der Waals surface area contributed by atoms with E-state index in [4.69, 9.17) is 0 Å². The molecule has 1 atom stereocenters. The van der Waals surface area contributed by atoms with Gasteiger partial charge in [-0.1, -0.05) is 24.3 Å². The standard InChI is InChI=1S/C16H21N3O/c1-10-7-5-6-8-14(10)9-17-11(2)15-12(3)18-13(4)19-16(15)20/h5-8,11,17H,9H2,1-4H3,(H,18,19,20). The highest BCUT2D eigenvalue weighted by Crippen LogP contribution is 2.13. The summed E-state index contributed by atoms with van der Waals surface area (Å²) in [5.74, 6) is 0.655. The van der Waals surface area contributed by atoms with Crippen molar-refractivity contribution in [1.82, 2.24) is 15.3 Å². The Morgan fingerprint density at radius 2 is 1.95 bits per heavy atom. The first-order chi connectivity index (χ1) is 9.49. The first kappa shape index (κ1) is 14.5. The average Bonchev–Trinajstić information content (AvgIpc) is 2.36. The molecule has 0 spiro atoms. The van der Waals surface area contributed by atoms with Gasteiger partial charge in [-0.15, -0.1) is 0 Å². The molecular weight excluding hydrogens is 250 g/mol. The predicted molar refractivity (Wildman–Crippen MR) is 80.8 cm³/mol. The number of rotatable bonds is 4. The van der Waals surface area contributed by atoms with Gasteiger partial charge in [0.2, 0.25) is 0 Å². The quantitative estimate of drug-likeness (QED) is 0.898. The van der Waals surface area contributed by atoms with Crippen LogP contribution < -0.4 is 10.9 Å². The predicted octanol–water partition coefficient (Wildman–Crippen LogP) is 2.55. The van der Waals surface area contributed by atoms with Gasteiger partial charge in [0.25, 0.3) is 5.56 Å². The number of hydrogen-bond donors (Lipinski definition) is 2. The van der Waals surface area contributed by atoms with Crippen LogP contribution in [-0.2, 0) is 6.54 Å². The monoisotopic (exact) mass is 271 g/mol. The fourth-order valence-electron chi connectivity index (χ4n) is 2.42. The normalized spacial score (nSPS) is 12.4. The summed E-state index contributed by atoms with van der Waals surface area (Å²) in [6.45, 7) is 8.49. The van der Waals surface area contributed by atoms with Crippen LogP contribution in [0.25, 0.3) is 0 Å². The Morgan fingerprint density at radius 1 is 1.25 bits per heavy atom. The zero-order chi connectivity index (χ0) is 14.7. The van der Waals surface area contributed by atoms with Gasteiger partial charge in [-0.2, -0.15) is 0 Å². The summed E-state index contributed by atoms with van der Waals surface area (Å²) in [5, 5.41) is 3.40. The van der Waals surface area contributed by atoms with Crippen LogP contribution in [0.15, 0.2) is 29.1 Å². The summed E-state index contributed by atoms with van der Waals surface area (Å²) in [5.41, 5.74) is 3.94. The highest BCUT2D eigenvalue weighted by atomic mass is 16.1. The second kappa shape index (κ2) is 6.01. The maximum Gasteiger partial charge on any atom is 0.255 e. The van der Waals surface area contributed by atoms with Crippen LogP contribution in [0.2, 0.25) is 0 Å². The fourth-order valence-corrected chi connectivity index (χ4v) is 2.42. The number of aromatic nitrogens is 2. The molecule has 1 unspecified atom stereocenters. The Kier molecular flexibility index (Phi) is 4.35. The van der Waals surface area contributed by atoms with E-state index in [0.29, 0.717) is 11.4 Å². The number of aromatic amines is 1. The van der Waals surface area contributed by atoms with Crippen molar-refractivity contribution in [3.05, 3.63) is 62.8 Å². The molecule has 4 heteroatoms. The third kappa shape index (κ3) is 3.14. The van der Waals surface area contributed by atoms with Crippen LogP contribution in [0.1, 0.15) is 41.2 Å². The van der Waals surface area contributed by atoms with Crippen LogP contribution in [-0.4, -0.2) is 9.97 Å². The molecular formula is C16H21N3O. The maximum absolute atomic E-state index is 12.0. The van der Waals surface area contributed by atoms with E-state index in [-0.39, 0.29) is 11.6 Å². The lowest BCUT2D eigenvalue weighted by Crippen LogP contribution is -2.27. The highest BCUT2D eigenvalue weighted by molar-refractivity contribution is 5.26. The van der Waals surface area contributed by atoms with Crippen LogP contribution >= 0.6 is 0 Å². The Bertz CT molecular complexity index is 661. The Balaban J connectivity index is 2.16. The van der Waals surface area contributed by atoms with E-state index in [1.54, 1.807) is 6.92 Å². The molecule has 2 rings (SSSR count). The molecule has 4 nitrogen and oxygen atoms in total. The number of H-pyrrole nitrogens is 1. The Hall–Kier alpha value is -1.94. The maximum atomic E-state index is 12.0. The number of nitrogens with zero attached hydrogens (tertiary/aromatic N) is 1. The molecule has 0 saturated carbocycles. The number of hydrogen-bond acceptors (Lipinski definition) is 3. The van der Waals surface area contributed by atoms with E-state index < -0.39 is 0 Å². The van der Waals surface area contributed by atoms with Gasteiger partial charge in [-0.05, 0) is 38.8 Å². The van der Waals surface area contributed by atoms with Crippen molar-refractivity contribution in [3.63, 3.8) is 0 Å². The number of nitrogens with one attached hydrogen (secondary N) is 2. The van der Waals surface area contributed by atoms with Gasteiger partial charge in [0.1, 0.15) is 5.82 Å². The summed E-state index contributed by atoms with van der Waals surface area (Å²) in [6, 6.07) is 8.21. The lowest BCUT2D eigenvalue weighted by atomic mass is 10.1. The van der Waals surface area contributed by atoms with Crippen molar-refractivity contribution < 1.29 is 0 Å². The molecule has 0 fully saturated rings. The van der Waals surface area contributed by atoms with Crippen molar-refractivity contribution in [2.24, 2.45) is 0 Å². The average molecular weight is 271 g/mol. The van der Waals surface area contributed by atoms with Crippen LogP contribution in [0.4, 0.5) is 0 Å². The minimum atomic E-state index is -0.0558. The lowest BCUT2D eigenvalue weighted by molar-refractivity contribution is 0.561. The summed E-state index contributed by atoms with van der Waals surface area (Å²) in [7, 11) is 0. The van der Waals surface area contributed by atoms with E-state index >= 15 is 0 Å². The van der Waals surface area contributed by atoms with Gasteiger partial charge < -0.3 is 10.3 Å². The zero-order valence-corrected chi connectivity index (χ0v) is 12.4. The fraction of sp³-hybridized carbons (Fsp3) is 0.375. The molecule has 1 aromatic heterocycles. The van der Waals surface area contributed by atoms with Crippen LogP contribution in [0.3, 0.4) is 0 Å². The van der Waals surface area contributed by atoms with E-state index in [0.717, 1.165) is 12.2 Å². The lowest BCUT2D eigenvalue weighted by Gasteiger charge is -2.16. The van der Waals surface area contributed by atoms with Gasteiger partial charge in [-0.3, -0.25) is 4.79 Å². The zero-order valence-electron chi connectivity index (χ0n) is 12.4. The number of benzene rings is 1. The van der Waals surface area contributed by atoms with Crippen LogP contribution in [0.5, 0.6) is 0 Å². The SMILES string of the molecule is Cc1nc(C)c(C(C)NCc2ccccc2C)c(=O)[nH]1. The molecule has 0 radical (unpaired) electrons. The van der Waals surface area contributed by atoms with Crippen LogP contribution in [0, 0.1) is 20.8 Å². The molecule has 2 aromatic rings. The van der Waals surface area contributed by atoms with Gasteiger partial charge in [-0.25, -0.2) is 4.98 Å². The van der Waals surface area contributed by atoms with E-state index in [1.165, 1.54) is 11.1 Å². The number of aryl methyl sites for hydroxylation is 3. The van der Waals surface area contributed by atoms with Crippen molar-refractivity contribution in [2.75, 3.05) is 0 Å². The molecule has 0 aliphatic heterocycles. The highest BCUT2D eigenvalue weighted by Gasteiger charge is 2.14. The minimum Gasteiger partial charge on any atom is -0.310 e. The van der Waals surface area contributed by atoms with Crippen molar-refractivity contribution in [3.8, 4) is 0 Å². The topological polar surface area (TPSA) is 57.8 Å². The van der Waals surface area contributed by atoms with E-state index in [9.17, 15) is 4.79 Å². The van der Waals surface area contributed by atoms with E-state index in [1.807, 2.05) is 26.0 Å². The second-order valence-corrected chi connectivity index (χ2v) is 5.18. The van der Waals surface area contributed by atoms with Crippen molar-refractivity contribution in [2.45, 2.75) is 40.3 Å². The largest absolute Gasteiger partial charge is 0.310 e. The first-order valence-electron chi connectivity index (χ1n) is 6.84. The van der Waals surface area contributed by atoms with Gasteiger partial charge in [0.15, 0.2) is 0 Å².